The van der Waals surface area contributed by atoms with Crippen LogP contribution in [-0.4, -0.2) is 79.7 Å². The van der Waals surface area contributed by atoms with Gasteiger partial charge in [0.15, 0.2) is 0 Å². The first-order valence-electron chi connectivity index (χ1n) is 9.34. The fourth-order valence-electron chi connectivity index (χ4n) is 1.91. The highest BCUT2D eigenvalue weighted by Crippen LogP contribution is 2.04. The number of hydrogen-bond acceptors (Lipinski definition) is 8. The zero-order valence-corrected chi connectivity index (χ0v) is 17.0. The van der Waals surface area contributed by atoms with E-state index in [1.165, 1.54) is 6.26 Å². The lowest BCUT2D eigenvalue weighted by molar-refractivity contribution is -0.149. The van der Waals surface area contributed by atoms with E-state index in [1.807, 2.05) is 20.8 Å². The summed E-state index contributed by atoms with van der Waals surface area (Å²) in [4.78, 5) is 11.5. The highest BCUT2D eigenvalue weighted by Gasteiger charge is 2.13. The minimum absolute atomic E-state index is 0.0545. The van der Waals surface area contributed by atoms with E-state index in [-0.39, 0.29) is 50.5 Å². The predicted octanol–water partition coefficient (Wildman–Crippen LogP) is 1.43. The molecule has 8 nitrogen and oxygen atoms in total. The smallest absolute Gasteiger partial charge is 0.305 e. The van der Waals surface area contributed by atoms with Crippen molar-refractivity contribution in [3.63, 3.8) is 0 Å². The number of aliphatic hydroxyl groups is 2. The van der Waals surface area contributed by atoms with Crippen LogP contribution in [0, 0.1) is 0 Å². The van der Waals surface area contributed by atoms with Crippen LogP contribution < -0.4 is 0 Å². The summed E-state index contributed by atoms with van der Waals surface area (Å²) in [6.07, 6.45) is 0.205. The quantitative estimate of drug-likeness (QED) is 0.283. The van der Waals surface area contributed by atoms with Crippen LogP contribution in [0.3, 0.4) is 0 Å². The highest BCUT2D eigenvalue weighted by atomic mass is 16.6. The van der Waals surface area contributed by atoms with Gasteiger partial charge in [-0.3, -0.25) is 4.79 Å². The third kappa shape index (κ3) is 15.6. The minimum atomic E-state index is -0.895. The van der Waals surface area contributed by atoms with E-state index < -0.39 is 12.1 Å². The molecule has 0 saturated carbocycles. The molecule has 0 aliphatic rings. The van der Waals surface area contributed by atoms with E-state index in [9.17, 15) is 9.90 Å². The summed E-state index contributed by atoms with van der Waals surface area (Å²) < 4.78 is 27.1. The highest BCUT2D eigenvalue weighted by molar-refractivity contribution is 5.69. The molecule has 160 valence electrons. The van der Waals surface area contributed by atoms with Crippen molar-refractivity contribution in [3.05, 3.63) is 12.8 Å². The Morgan fingerprint density at radius 3 is 1.89 bits per heavy atom. The molecule has 0 rings (SSSR count). The topological polar surface area (TPSA) is 104 Å². The number of hydrogen-bond donors (Lipinski definition) is 2. The molecule has 8 heteroatoms. The van der Waals surface area contributed by atoms with Crippen LogP contribution in [0.25, 0.3) is 0 Å². The Hall–Kier alpha value is -1.19. The summed E-state index contributed by atoms with van der Waals surface area (Å²) in [5.41, 5.74) is 0. The number of aliphatic hydroxyl groups excluding tert-OH is 2. The van der Waals surface area contributed by atoms with Gasteiger partial charge < -0.3 is 33.9 Å². The van der Waals surface area contributed by atoms with Crippen LogP contribution in [0.2, 0.25) is 0 Å². The van der Waals surface area contributed by atoms with Crippen LogP contribution >= 0.6 is 0 Å². The van der Waals surface area contributed by atoms with Crippen molar-refractivity contribution in [2.45, 2.75) is 71.1 Å². The summed E-state index contributed by atoms with van der Waals surface area (Å²) in [5.74, 6) is -0.428. The second-order valence-corrected chi connectivity index (χ2v) is 6.60. The van der Waals surface area contributed by atoms with Crippen molar-refractivity contribution in [2.75, 3.05) is 33.0 Å². The van der Waals surface area contributed by atoms with Crippen molar-refractivity contribution in [2.24, 2.45) is 0 Å². The Labute approximate surface area is 162 Å². The van der Waals surface area contributed by atoms with Crippen molar-refractivity contribution in [3.8, 4) is 0 Å². The van der Waals surface area contributed by atoms with E-state index in [0.29, 0.717) is 19.8 Å². The molecule has 2 N–H and O–H groups in total. The normalized spacial score (nSPS) is 16.8. The number of rotatable bonds is 17. The number of ether oxygens (including phenoxy) is 5. The number of carbonyl (C=O) groups excluding carboxylic acids is 1. The average Bonchev–Trinajstić information content (AvgIpc) is 2.65. The molecule has 0 aliphatic heterocycles. The summed E-state index contributed by atoms with van der Waals surface area (Å²) in [7, 11) is 0. The Bertz CT molecular complexity index is 390. The van der Waals surface area contributed by atoms with Gasteiger partial charge >= 0.3 is 5.97 Å². The Morgan fingerprint density at radius 1 is 0.926 bits per heavy atom. The van der Waals surface area contributed by atoms with Gasteiger partial charge in [-0.1, -0.05) is 6.58 Å². The molecule has 0 aromatic rings. The lowest BCUT2D eigenvalue weighted by atomic mass is 10.2. The van der Waals surface area contributed by atoms with Gasteiger partial charge in [-0.05, 0) is 34.1 Å². The van der Waals surface area contributed by atoms with E-state index >= 15 is 0 Å². The van der Waals surface area contributed by atoms with Gasteiger partial charge in [0.2, 0.25) is 0 Å². The molecule has 0 bridgehead atoms. The standard InChI is InChI=1S/C19H36O8/c1-6-23-14(2)10-24-15(3)11-25-16(4)12-26-17(5)13-27-19(22)8-7-18(21)9-20/h6,14-18,20-21H,1,7-13H2,2-5H3. The summed E-state index contributed by atoms with van der Waals surface area (Å²) >= 11 is 0. The third-order valence-electron chi connectivity index (χ3n) is 3.55. The van der Waals surface area contributed by atoms with E-state index in [0.717, 1.165) is 0 Å². The van der Waals surface area contributed by atoms with Crippen molar-refractivity contribution in [1.29, 1.82) is 0 Å². The molecule has 0 aromatic carbocycles. The molecule has 0 amide bonds. The molecule has 0 spiro atoms. The fraction of sp³-hybridized carbons (Fsp3) is 0.842. The zero-order chi connectivity index (χ0) is 20.7. The maximum Gasteiger partial charge on any atom is 0.305 e. The lowest BCUT2D eigenvalue weighted by Gasteiger charge is -2.21. The molecule has 0 aliphatic carbocycles. The zero-order valence-electron chi connectivity index (χ0n) is 17.0. The van der Waals surface area contributed by atoms with Crippen LogP contribution in [0.15, 0.2) is 12.8 Å². The van der Waals surface area contributed by atoms with Gasteiger partial charge in [-0.15, -0.1) is 0 Å². The molecule has 5 unspecified atom stereocenters. The number of esters is 1. The van der Waals surface area contributed by atoms with Crippen molar-refractivity contribution in [1.82, 2.24) is 0 Å². The van der Waals surface area contributed by atoms with Crippen molar-refractivity contribution < 1.29 is 38.7 Å². The number of carbonyl (C=O) groups is 1. The Morgan fingerprint density at radius 2 is 1.41 bits per heavy atom. The van der Waals surface area contributed by atoms with Gasteiger partial charge in [-0.2, -0.15) is 0 Å². The van der Waals surface area contributed by atoms with Gasteiger partial charge in [0.25, 0.3) is 0 Å². The van der Waals surface area contributed by atoms with Crippen LogP contribution in [-0.2, 0) is 28.5 Å². The molecule has 0 fully saturated rings. The van der Waals surface area contributed by atoms with Gasteiger partial charge in [-0.25, -0.2) is 0 Å². The Kier molecular flexibility index (Phi) is 15.1. The first-order valence-corrected chi connectivity index (χ1v) is 9.34. The van der Waals surface area contributed by atoms with Crippen LogP contribution in [0.5, 0.6) is 0 Å². The van der Waals surface area contributed by atoms with Gasteiger partial charge in [0.05, 0.1) is 57.1 Å². The van der Waals surface area contributed by atoms with Gasteiger partial charge in [0, 0.05) is 6.42 Å². The summed E-state index contributed by atoms with van der Waals surface area (Å²) in [6.45, 7) is 12.0. The van der Waals surface area contributed by atoms with Gasteiger partial charge in [0.1, 0.15) is 12.7 Å². The SMILES string of the molecule is C=COC(C)COC(C)COC(C)COC(C)COC(=O)CCC(O)CO. The van der Waals surface area contributed by atoms with Crippen LogP contribution in [0.1, 0.15) is 40.5 Å². The minimum Gasteiger partial charge on any atom is -0.497 e. The summed E-state index contributed by atoms with van der Waals surface area (Å²) in [5, 5.41) is 17.9. The largest absolute Gasteiger partial charge is 0.497 e. The maximum absolute atomic E-state index is 11.5. The average molecular weight is 392 g/mol. The fourth-order valence-corrected chi connectivity index (χ4v) is 1.91. The lowest BCUT2D eigenvalue weighted by Crippen LogP contribution is -2.28. The molecule has 0 heterocycles. The predicted molar refractivity (Wildman–Crippen MR) is 100 cm³/mol. The second-order valence-electron chi connectivity index (χ2n) is 6.60. The second kappa shape index (κ2) is 15.8. The van der Waals surface area contributed by atoms with E-state index in [1.54, 1.807) is 6.92 Å². The van der Waals surface area contributed by atoms with E-state index in [4.69, 9.17) is 28.8 Å². The maximum atomic E-state index is 11.5. The first kappa shape index (κ1) is 25.8. The molecule has 0 saturated heterocycles. The first-order chi connectivity index (χ1) is 12.8. The van der Waals surface area contributed by atoms with Crippen molar-refractivity contribution >= 4 is 5.97 Å². The Balaban J connectivity index is 3.76. The molecule has 0 radical (unpaired) electrons. The summed E-state index contributed by atoms with van der Waals surface area (Å²) in [6, 6.07) is 0. The molecule has 5 atom stereocenters. The molecule has 27 heavy (non-hydrogen) atoms. The molecule has 0 aromatic heterocycles. The van der Waals surface area contributed by atoms with E-state index in [2.05, 4.69) is 6.58 Å². The monoisotopic (exact) mass is 392 g/mol. The molecular formula is C19H36O8. The third-order valence-corrected chi connectivity index (χ3v) is 3.55. The molecular weight excluding hydrogens is 356 g/mol. The van der Waals surface area contributed by atoms with Crippen LogP contribution in [0.4, 0.5) is 0 Å².